The number of nitrogens with zero attached hydrogens (tertiary/aromatic N) is 1. The number of ether oxygens (including phenoxy) is 1. The molecule has 0 aliphatic carbocycles. The van der Waals surface area contributed by atoms with E-state index in [4.69, 9.17) is 16.3 Å². The first-order valence-electron chi connectivity index (χ1n) is 9.60. The first-order valence-corrected chi connectivity index (χ1v) is 9.98. The van der Waals surface area contributed by atoms with Crippen LogP contribution in [0.3, 0.4) is 0 Å². The van der Waals surface area contributed by atoms with Crippen LogP contribution < -0.4 is 4.74 Å². The Morgan fingerprint density at radius 1 is 1.18 bits per heavy atom. The lowest BCUT2D eigenvalue weighted by Gasteiger charge is -2.25. The van der Waals surface area contributed by atoms with Crippen molar-refractivity contribution in [2.75, 3.05) is 19.6 Å². The van der Waals surface area contributed by atoms with Crippen LogP contribution in [0.25, 0.3) is 5.57 Å². The molecule has 1 N–H and O–H groups in total. The third kappa shape index (κ3) is 3.54. The van der Waals surface area contributed by atoms with Crippen molar-refractivity contribution in [2.45, 2.75) is 26.7 Å². The molecular formula is C23H24ClNO3. The number of halogens is 1. The topological polar surface area (TPSA) is 49.8 Å². The van der Waals surface area contributed by atoms with E-state index in [1.165, 1.54) is 11.1 Å². The number of hydrogen-bond acceptors (Lipinski definition) is 3. The van der Waals surface area contributed by atoms with E-state index in [-0.39, 0.29) is 0 Å². The molecule has 0 spiro atoms. The summed E-state index contributed by atoms with van der Waals surface area (Å²) in [6, 6.07) is 13.9. The van der Waals surface area contributed by atoms with E-state index in [2.05, 4.69) is 11.0 Å². The molecule has 2 aliphatic rings. The minimum absolute atomic E-state index is 0.636. The minimum atomic E-state index is -0.741. The van der Waals surface area contributed by atoms with Gasteiger partial charge in [-0.3, -0.25) is 9.69 Å². The van der Waals surface area contributed by atoms with Gasteiger partial charge in [0, 0.05) is 35.3 Å². The van der Waals surface area contributed by atoms with E-state index in [0.29, 0.717) is 11.4 Å². The van der Waals surface area contributed by atoms with Gasteiger partial charge in [0.25, 0.3) is 0 Å². The molecule has 2 aromatic carbocycles. The molecule has 0 bridgehead atoms. The average molecular weight is 398 g/mol. The Bertz CT molecular complexity index is 964. The van der Waals surface area contributed by atoms with Crippen molar-refractivity contribution in [3.63, 3.8) is 0 Å². The Labute approximate surface area is 170 Å². The van der Waals surface area contributed by atoms with Crippen molar-refractivity contribution in [1.29, 1.82) is 0 Å². The Balaban J connectivity index is 1.65. The maximum atomic E-state index is 11.4. The largest absolute Gasteiger partial charge is 0.481 e. The van der Waals surface area contributed by atoms with Gasteiger partial charge < -0.3 is 9.84 Å². The zero-order valence-corrected chi connectivity index (χ0v) is 16.9. The van der Waals surface area contributed by atoms with E-state index < -0.39 is 11.4 Å². The van der Waals surface area contributed by atoms with Crippen LogP contribution in [0.2, 0.25) is 5.02 Å². The number of hydrogen-bond donors (Lipinski definition) is 1. The number of likely N-dealkylation sites (tertiary alicyclic amines) is 1. The molecule has 4 rings (SSSR count). The molecule has 2 heterocycles. The standard InChI is InChI=1S/C23H24ClNO3/c1-23(2,22(26)27)10-12-25-11-9-15(14-25)21-17-5-3-4-6-19(17)28-20-13-16(24)7-8-18(20)21/h3-8,13H,9-12,14H2,1-2H3,(H,26,27)/b21-15-. The number of para-hydroxylation sites is 1. The van der Waals surface area contributed by atoms with Crippen molar-refractivity contribution < 1.29 is 14.6 Å². The van der Waals surface area contributed by atoms with E-state index in [9.17, 15) is 9.90 Å². The quantitative estimate of drug-likeness (QED) is 0.635. The Morgan fingerprint density at radius 2 is 1.93 bits per heavy atom. The van der Waals surface area contributed by atoms with Crippen LogP contribution in [0.5, 0.6) is 11.5 Å². The zero-order chi connectivity index (χ0) is 19.9. The van der Waals surface area contributed by atoms with E-state index in [0.717, 1.165) is 48.7 Å². The van der Waals surface area contributed by atoms with Gasteiger partial charge in [0.2, 0.25) is 0 Å². The van der Waals surface area contributed by atoms with Crippen LogP contribution in [0.1, 0.15) is 37.8 Å². The summed E-state index contributed by atoms with van der Waals surface area (Å²) in [6.07, 6.45) is 1.61. The second-order valence-corrected chi connectivity index (χ2v) is 8.62. The Hall–Kier alpha value is -2.30. The molecule has 0 aromatic heterocycles. The SMILES string of the molecule is CC(C)(CCN1CC/C(=C2\c3ccccc3Oc3cc(Cl)ccc32)C1)C(=O)O. The average Bonchev–Trinajstić information content (AvgIpc) is 3.13. The van der Waals surface area contributed by atoms with E-state index in [1.807, 2.05) is 36.4 Å². The summed E-state index contributed by atoms with van der Waals surface area (Å²) in [5, 5.41) is 10.0. The minimum Gasteiger partial charge on any atom is -0.481 e. The van der Waals surface area contributed by atoms with Crippen molar-refractivity contribution in [2.24, 2.45) is 5.41 Å². The molecule has 2 aliphatic heterocycles. The number of carboxylic acid groups (broad SMARTS) is 1. The van der Waals surface area contributed by atoms with Gasteiger partial charge in [0.15, 0.2) is 0 Å². The molecule has 5 heteroatoms. The number of carbonyl (C=O) groups is 1. The molecule has 1 fully saturated rings. The highest BCUT2D eigenvalue weighted by atomic mass is 35.5. The van der Waals surface area contributed by atoms with Crippen molar-refractivity contribution in [3.8, 4) is 11.5 Å². The number of carboxylic acids is 1. The first kappa shape index (κ1) is 19.0. The van der Waals surface area contributed by atoms with Crippen LogP contribution in [0.15, 0.2) is 48.0 Å². The fourth-order valence-corrected chi connectivity index (χ4v) is 4.02. The summed E-state index contributed by atoms with van der Waals surface area (Å²) in [6.45, 7) is 6.16. The summed E-state index contributed by atoms with van der Waals surface area (Å²) in [5.41, 5.74) is 4.08. The molecule has 0 amide bonds. The van der Waals surface area contributed by atoms with Gasteiger partial charge in [-0.05, 0) is 62.6 Å². The maximum Gasteiger partial charge on any atom is 0.309 e. The number of fused-ring (bicyclic) bond motifs is 2. The summed E-state index contributed by atoms with van der Waals surface area (Å²) in [4.78, 5) is 13.7. The van der Waals surface area contributed by atoms with Gasteiger partial charge >= 0.3 is 5.97 Å². The third-order valence-corrected chi connectivity index (χ3v) is 5.95. The number of benzene rings is 2. The first-order chi connectivity index (χ1) is 13.3. The zero-order valence-electron chi connectivity index (χ0n) is 16.2. The predicted octanol–water partition coefficient (Wildman–Crippen LogP) is 5.45. The highest BCUT2D eigenvalue weighted by Gasteiger charge is 2.31. The van der Waals surface area contributed by atoms with Crippen LogP contribution in [0.4, 0.5) is 0 Å². The molecule has 2 aromatic rings. The van der Waals surface area contributed by atoms with Gasteiger partial charge in [0.1, 0.15) is 11.5 Å². The van der Waals surface area contributed by atoms with Crippen molar-refractivity contribution in [1.82, 2.24) is 4.90 Å². The normalized spacial score (nSPS) is 19.1. The number of aliphatic carboxylic acids is 1. The second kappa shape index (κ2) is 7.26. The summed E-state index contributed by atoms with van der Waals surface area (Å²) in [5.74, 6) is 0.902. The molecular weight excluding hydrogens is 374 g/mol. The summed E-state index contributed by atoms with van der Waals surface area (Å²) < 4.78 is 6.10. The molecule has 146 valence electrons. The molecule has 1 saturated heterocycles. The molecule has 4 nitrogen and oxygen atoms in total. The van der Waals surface area contributed by atoms with Crippen LogP contribution in [-0.4, -0.2) is 35.6 Å². The Kier molecular flexibility index (Phi) is 4.94. The van der Waals surface area contributed by atoms with Crippen LogP contribution in [-0.2, 0) is 4.79 Å². The van der Waals surface area contributed by atoms with Gasteiger partial charge in [-0.25, -0.2) is 0 Å². The lowest BCUT2D eigenvalue weighted by molar-refractivity contribution is -0.147. The predicted molar refractivity (Wildman–Crippen MR) is 111 cm³/mol. The van der Waals surface area contributed by atoms with Crippen LogP contribution >= 0.6 is 11.6 Å². The summed E-state index contributed by atoms with van der Waals surface area (Å²) >= 11 is 6.19. The highest BCUT2D eigenvalue weighted by Crippen LogP contribution is 2.46. The van der Waals surface area contributed by atoms with E-state index in [1.54, 1.807) is 13.8 Å². The van der Waals surface area contributed by atoms with Crippen molar-refractivity contribution in [3.05, 3.63) is 64.2 Å². The highest BCUT2D eigenvalue weighted by molar-refractivity contribution is 6.30. The van der Waals surface area contributed by atoms with Gasteiger partial charge in [0.05, 0.1) is 5.41 Å². The molecule has 0 unspecified atom stereocenters. The monoisotopic (exact) mass is 397 g/mol. The smallest absolute Gasteiger partial charge is 0.309 e. The lowest BCUT2D eigenvalue weighted by Crippen LogP contribution is -2.30. The van der Waals surface area contributed by atoms with Gasteiger partial charge in [-0.15, -0.1) is 0 Å². The second-order valence-electron chi connectivity index (χ2n) is 8.18. The lowest BCUT2D eigenvalue weighted by atomic mass is 9.89. The van der Waals surface area contributed by atoms with E-state index >= 15 is 0 Å². The molecule has 0 saturated carbocycles. The summed E-state index contributed by atoms with van der Waals surface area (Å²) in [7, 11) is 0. The number of rotatable bonds is 4. The van der Waals surface area contributed by atoms with Gasteiger partial charge in [-0.1, -0.05) is 29.8 Å². The van der Waals surface area contributed by atoms with Crippen LogP contribution in [0, 0.1) is 5.41 Å². The fourth-order valence-electron chi connectivity index (χ4n) is 3.85. The van der Waals surface area contributed by atoms with Crippen molar-refractivity contribution >= 4 is 23.1 Å². The Morgan fingerprint density at radius 3 is 2.71 bits per heavy atom. The molecule has 28 heavy (non-hydrogen) atoms. The maximum absolute atomic E-state index is 11.4. The molecule has 0 radical (unpaired) electrons. The van der Waals surface area contributed by atoms with Gasteiger partial charge in [-0.2, -0.15) is 0 Å². The third-order valence-electron chi connectivity index (χ3n) is 5.72. The fraction of sp³-hybridized carbons (Fsp3) is 0.348. The molecule has 0 atom stereocenters.